The summed E-state index contributed by atoms with van der Waals surface area (Å²) in [5.74, 6) is 2.06. The zero-order valence-electron chi connectivity index (χ0n) is 17.2. The lowest BCUT2D eigenvalue weighted by Crippen LogP contribution is -2.46. The lowest BCUT2D eigenvalue weighted by molar-refractivity contribution is 0.0457. The molecule has 3 aromatic rings. The van der Waals surface area contributed by atoms with Crippen molar-refractivity contribution in [3.63, 3.8) is 0 Å². The van der Waals surface area contributed by atoms with Gasteiger partial charge in [-0.15, -0.1) is 0 Å². The Morgan fingerprint density at radius 2 is 2.09 bits per heavy atom. The third-order valence-corrected chi connectivity index (χ3v) is 5.94. The summed E-state index contributed by atoms with van der Waals surface area (Å²) < 4.78 is 12.2. The summed E-state index contributed by atoms with van der Waals surface area (Å²) in [6.07, 6.45) is 1.32. The third kappa shape index (κ3) is 3.71. The number of carbonyl (C=O) groups is 1. The van der Waals surface area contributed by atoms with Gasteiger partial charge in [0.15, 0.2) is 17.6 Å². The number of hydrogen-bond donors (Lipinski definition) is 2. The first-order chi connectivity index (χ1) is 15.5. The Labute approximate surface area is 192 Å². The van der Waals surface area contributed by atoms with Gasteiger partial charge in [-0.3, -0.25) is 9.80 Å². The number of aliphatic hydroxyl groups is 1. The number of ether oxygens (including phenoxy) is 2. The van der Waals surface area contributed by atoms with Crippen molar-refractivity contribution in [2.75, 3.05) is 35.4 Å². The normalized spacial score (nSPS) is 17.2. The lowest BCUT2D eigenvalue weighted by Gasteiger charge is -2.34. The Balaban J connectivity index is 1.39. The Bertz CT molecular complexity index is 1190. The zero-order chi connectivity index (χ0) is 22.2. The van der Waals surface area contributed by atoms with Gasteiger partial charge in [0.25, 0.3) is 0 Å². The highest BCUT2D eigenvalue weighted by Gasteiger charge is 2.31. The SMILES string of the molecule is CN1C(=O)N(c2ccccc2Br)Cc2cnc(Nc3ccc4c(c3)OC(CO)CO4)nc21. The number of halogens is 1. The van der Waals surface area contributed by atoms with E-state index < -0.39 is 6.10 Å². The molecule has 0 radical (unpaired) electrons. The van der Waals surface area contributed by atoms with Gasteiger partial charge in [-0.05, 0) is 40.2 Å². The molecule has 0 bridgehead atoms. The monoisotopic (exact) mass is 497 g/mol. The molecule has 2 aromatic carbocycles. The molecule has 0 fully saturated rings. The van der Waals surface area contributed by atoms with Gasteiger partial charge in [0.05, 0.1) is 18.8 Å². The van der Waals surface area contributed by atoms with E-state index in [1.54, 1.807) is 30.3 Å². The van der Waals surface area contributed by atoms with Crippen LogP contribution in [0, 0.1) is 0 Å². The van der Waals surface area contributed by atoms with Crippen LogP contribution in [0.25, 0.3) is 0 Å². The van der Waals surface area contributed by atoms with Crippen LogP contribution >= 0.6 is 15.9 Å². The van der Waals surface area contributed by atoms with Gasteiger partial charge in [-0.1, -0.05) is 12.1 Å². The quantitative estimate of drug-likeness (QED) is 0.566. The number of nitrogens with one attached hydrogen (secondary N) is 1. The second-order valence-electron chi connectivity index (χ2n) is 7.44. The summed E-state index contributed by atoms with van der Waals surface area (Å²) in [7, 11) is 1.69. The van der Waals surface area contributed by atoms with Crippen LogP contribution in [0.1, 0.15) is 5.56 Å². The predicted molar refractivity (Wildman–Crippen MR) is 123 cm³/mol. The molecule has 0 aliphatic carbocycles. The first-order valence-corrected chi connectivity index (χ1v) is 10.8. The van der Waals surface area contributed by atoms with Crippen LogP contribution < -0.4 is 24.6 Å². The highest BCUT2D eigenvalue weighted by molar-refractivity contribution is 9.10. The number of aliphatic hydroxyl groups excluding tert-OH is 1. The molecule has 32 heavy (non-hydrogen) atoms. The van der Waals surface area contributed by atoms with Crippen molar-refractivity contribution in [3.05, 3.63) is 58.7 Å². The maximum Gasteiger partial charge on any atom is 0.330 e. The largest absolute Gasteiger partial charge is 0.486 e. The zero-order valence-corrected chi connectivity index (χ0v) is 18.7. The fourth-order valence-corrected chi connectivity index (χ4v) is 4.14. The number of nitrogens with zero attached hydrogens (tertiary/aromatic N) is 4. The second kappa shape index (κ2) is 8.29. The topological polar surface area (TPSA) is 100 Å². The number of aromatic nitrogens is 2. The van der Waals surface area contributed by atoms with Crippen molar-refractivity contribution < 1.29 is 19.4 Å². The summed E-state index contributed by atoms with van der Waals surface area (Å²) in [4.78, 5) is 25.2. The molecule has 2 amide bonds. The molecule has 3 heterocycles. The fraction of sp³-hybridized carbons (Fsp3) is 0.227. The minimum absolute atomic E-state index is 0.123. The number of para-hydroxylation sites is 1. The molecule has 9 nitrogen and oxygen atoms in total. The van der Waals surface area contributed by atoms with Crippen LogP contribution in [0.15, 0.2) is 53.1 Å². The molecule has 2 aliphatic heterocycles. The molecule has 10 heteroatoms. The molecule has 0 saturated heterocycles. The molecule has 1 atom stereocenters. The van der Waals surface area contributed by atoms with Gasteiger partial charge >= 0.3 is 6.03 Å². The average molecular weight is 498 g/mol. The van der Waals surface area contributed by atoms with E-state index in [2.05, 4.69) is 31.2 Å². The van der Waals surface area contributed by atoms with Crippen LogP contribution in [0.4, 0.5) is 27.9 Å². The van der Waals surface area contributed by atoms with Gasteiger partial charge in [-0.2, -0.15) is 4.98 Å². The summed E-state index contributed by atoms with van der Waals surface area (Å²) in [6.45, 7) is 0.553. The predicted octanol–water partition coefficient (Wildman–Crippen LogP) is 3.69. The fourth-order valence-electron chi connectivity index (χ4n) is 3.64. The Morgan fingerprint density at radius 3 is 2.91 bits per heavy atom. The molecule has 2 aliphatic rings. The Hall–Kier alpha value is -3.37. The summed E-state index contributed by atoms with van der Waals surface area (Å²) in [6, 6.07) is 12.8. The van der Waals surface area contributed by atoms with E-state index in [9.17, 15) is 9.90 Å². The first kappa shape index (κ1) is 20.5. The highest BCUT2D eigenvalue weighted by Crippen LogP contribution is 2.36. The van der Waals surface area contributed by atoms with Gasteiger partial charge in [0, 0.05) is 35.0 Å². The number of amides is 2. The lowest BCUT2D eigenvalue weighted by atomic mass is 10.2. The molecule has 2 N–H and O–H groups in total. The highest BCUT2D eigenvalue weighted by atomic mass is 79.9. The molecule has 164 valence electrons. The number of benzene rings is 2. The van der Waals surface area contributed by atoms with Crippen molar-refractivity contribution in [1.82, 2.24) is 9.97 Å². The molecule has 0 spiro atoms. The summed E-state index contributed by atoms with van der Waals surface area (Å²) in [5.41, 5.74) is 2.32. The maximum absolute atomic E-state index is 13.0. The van der Waals surface area contributed by atoms with Gasteiger partial charge in [-0.25, -0.2) is 9.78 Å². The van der Waals surface area contributed by atoms with Gasteiger partial charge < -0.3 is 19.9 Å². The van der Waals surface area contributed by atoms with E-state index in [0.29, 0.717) is 42.1 Å². The molecule has 1 unspecified atom stereocenters. The number of hydrogen-bond acceptors (Lipinski definition) is 7. The Morgan fingerprint density at radius 1 is 1.25 bits per heavy atom. The smallest absolute Gasteiger partial charge is 0.330 e. The van der Waals surface area contributed by atoms with Crippen LogP contribution in [0.3, 0.4) is 0 Å². The minimum atomic E-state index is -0.398. The second-order valence-corrected chi connectivity index (χ2v) is 8.30. The Kier molecular flexibility index (Phi) is 5.32. The molecular formula is C22H20BrN5O4. The van der Waals surface area contributed by atoms with Crippen LogP contribution in [-0.2, 0) is 6.54 Å². The summed E-state index contributed by atoms with van der Waals surface area (Å²) >= 11 is 3.52. The van der Waals surface area contributed by atoms with E-state index in [1.807, 2.05) is 30.3 Å². The molecule has 0 saturated carbocycles. The minimum Gasteiger partial charge on any atom is -0.486 e. The maximum atomic E-state index is 13.0. The van der Waals surface area contributed by atoms with E-state index in [1.165, 1.54) is 4.90 Å². The van der Waals surface area contributed by atoms with Gasteiger partial charge in [0.1, 0.15) is 12.4 Å². The first-order valence-electron chi connectivity index (χ1n) is 10.0. The number of urea groups is 1. The van der Waals surface area contributed by atoms with Crippen molar-refractivity contribution in [3.8, 4) is 11.5 Å². The van der Waals surface area contributed by atoms with E-state index in [4.69, 9.17) is 9.47 Å². The number of fused-ring (bicyclic) bond motifs is 2. The van der Waals surface area contributed by atoms with E-state index in [-0.39, 0.29) is 12.6 Å². The number of anilines is 4. The van der Waals surface area contributed by atoms with Crippen molar-refractivity contribution >= 4 is 45.1 Å². The molecule has 5 rings (SSSR count). The van der Waals surface area contributed by atoms with Crippen molar-refractivity contribution in [2.45, 2.75) is 12.6 Å². The van der Waals surface area contributed by atoms with Crippen molar-refractivity contribution in [2.24, 2.45) is 0 Å². The van der Waals surface area contributed by atoms with E-state index in [0.717, 1.165) is 15.7 Å². The van der Waals surface area contributed by atoms with Crippen molar-refractivity contribution in [1.29, 1.82) is 0 Å². The molecular weight excluding hydrogens is 478 g/mol. The van der Waals surface area contributed by atoms with E-state index >= 15 is 0 Å². The third-order valence-electron chi connectivity index (χ3n) is 5.27. The van der Waals surface area contributed by atoms with Gasteiger partial charge in [0.2, 0.25) is 5.95 Å². The van der Waals surface area contributed by atoms with Crippen LogP contribution in [-0.4, -0.2) is 47.5 Å². The number of carbonyl (C=O) groups excluding carboxylic acids is 1. The summed E-state index contributed by atoms with van der Waals surface area (Å²) in [5, 5.41) is 12.5. The standard InChI is InChI=1S/C22H20BrN5O4/c1-27-20-13(10-28(22(27)30)17-5-3-2-4-16(17)23)9-24-21(26-20)25-14-6-7-18-19(8-14)32-15(11-29)12-31-18/h2-9,15,29H,10-12H2,1H3,(H,24,25,26). The average Bonchev–Trinajstić information content (AvgIpc) is 2.81. The number of rotatable bonds is 4. The molecule has 1 aromatic heterocycles. The van der Waals surface area contributed by atoms with Crippen LogP contribution in [0.2, 0.25) is 0 Å². The van der Waals surface area contributed by atoms with Crippen LogP contribution in [0.5, 0.6) is 11.5 Å².